The predicted molar refractivity (Wildman–Crippen MR) is 169 cm³/mol. The van der Waals surface area contributed by atoms with E-state index in [9.17, 15) is 24.3 Å². The van der Waals surface area contributed by atoms with Crippen molar-refractivity contribution in [3.05, 3.63) is 114 Å². The Kier molecular flexibility index (Phi) is 12.0. The average Bonchev–Trinajstić information content (AvgIpc) is 3.26. The molecule has 1 heterocycles. The lowest BCUT2D eigenvalue weighted by Gasteiger charge is -2.28. The maximum Gasteiger partial charge on any atom is 0.347 e. The van der Waals surface area contributed by atoms with Crippen molar-refractivity contribution in [3.8, 4) is 0 Å². The first kappa shape index (κ1) is 33.1. The van der Waals surface area contributed by atoms with Gasteiger partial charge in [-0.1, -0.05) is 117 Å². The van der Waals surface area contributed by atoms with E-state index in [0.717, 1.165) is 16.7 Å². The van der Waals surface area contributed by atoms with Gasteiger partial charge in [-0.3, -0.25) is 24.6 Å². The minimum atomic E-state index is -1.15. The fraction of sp³-hybridized carbons (Fsp3) is 0.314. The van der Waals surface area contributed by atoms with Gasteiger partial charge in [-0.05, 0) is 35.4 Å². The zero-order valence-corrected chi connectivity index (χ0v) is 25.5. The fourth-order valence-corrected chi connectivity index (χ4v) is 5.24. The van der Waals surface area contributed by atoms with Crippen molar-refractivity contribution in [1.82, 2.24) is 20.8 Å². The summed E-state index contributed by atoms with van der Waals surface area (Å²) >= 11 is 0. The number of allylic oxidation sites excluding steroid dienone is 1. The number of aliphatic hydroxyl groups excluding tert-OH is 1. The molecule has 3 aromatic rings. The third kappa shape index (κ3) is 9.10. The maximum atomic E-state index is 13.9. The molecule has 45 heavy (non-hydrogen) atoms. The Morgan fingerprint density at radius 1 is 0.867 bits per heavy atom. The van der Waals surface area contributed by atoms with Gasteiger partial charge in [0, 0.05) is 6.54 Å². The largest absolute Gasteiger partial charge is 0.394 e. The summed E-state index contributed by atoms with van der Waals surface area (Å²) < 4.78 is 0. The number of hydroxylamine groups is 1. The lowest BCUT2D eigenvalue weighted by Crippen LogP contribution is -2.51. The number of nitrogens with zero attached hydrogens (tertiary/aromatic N) is 2. The summed E-state index contributed by atoms with van der Waals surface area (Å²) in [4.78, 5) is 60.8. The van der Waals surface area contributed by atoms with Crippen LogP contribution in [-0.4, -0.2) is 51.4 Å². The summed E-state index contributed by atoms with van der Waals surface area (Å²) in [6.07, 6.45) is 4.19. The second kappa shape index (κ2) is 16.3. The smallest absolute Gasteiger partial charge is 0.347 e. The topological polar surface area (TPSA) is 128 Å². The van der Waals surface area contributed by atoms with Crippen molar-refractivity contribution in [2.75, 3.05) is 6.61 Å². The Labute approximate surface area is 263 Å². The highest BCUT2D eigenvalue weighted by atomic mass is 16.6. The number of urea groups is 1. The van der Waals surface area contributed by atoms with E-state index in [1.54, 1.807) is 12.1 Å². The number of hydrogen-bond acceptors (Lipinski definition) is 6. The number of hydrogen-bond donors (Lipinski definition) is 3. The quantitative estimate of drug-likeness (QED) is 0.172. The molecule has 1 aliphatic heterocycles. The first-order valence-corrected chi connectivity index (χ1v) is 15.1. The van der Waals surface area contributed by atoms with Crippen molar-refractivity contribution in [2.24, 2.45) is 17.8 Å². The first-order valence-electron chi connectivity index (χ1n) is 15.1. The molecular weight excluding hydrogens is 572 g/mol. The summed E-state index contributed by atoms with van der Waals surface area (Å²) in [6.45, 7) is 3.46. The zero-order valence-electron chi connectivity index (χ0n) is 25.5. The molecule has 3 aromatic carbocycles. The number of amides is 5. The molecule has 5 amide bonds. The summed E-state index contributed by atoms with van der Waals surface area (Å²) in [6, 6.07) is 26.1. The highest BCUT2D eigenvalue weighted by Gasteiger charge is 2.47. The lowest BCUT2D eigenvalue weighted by atomic mass is 9.82. The van der Waals surface area contributed by atoms with Crippen molar-refractivity contribution < 1.29 is 29.1 Å². The molecule has 236 valence electrons. The van der Waals surface area contributed by atoms with Crippen LogP contribution in [0.15, 0.2) is 97.1 Å². The summed E-state index contributed by atoms with van der Waals surface area (Å²) in [5.74, 6) is -3.69. The van der Waals surface area contributed by atoms with Crippen LogP contribution in [0.5, 0.6) is 0 Å². The van der Waals surface area contributed by atoms with Gasteiger partial charge in [0.05, 0.1) is 25.0 Å². The van der Waals surface area contributed by atoms with E-state index in [-0.39, 0.29) is 25.5 Å². The van der Waals surface area contributed by atoms with Gasteiger partial charge in [0.1, 0.15) is 6.04 Å². The minimum absolute atomic E-state index is 0.00383. The fourth-order valence-electron chi connectivity index (χ4n) is 5.24. The number of rotatable bonds is 15. The van der Waals surface area contributed by atoms with Gasteiger partial charge in [0.2, 0.25) is 11.8 Å². The van der Waals surface area contributed by atoms with Crippen LogP contribution in [0, 0.1) is 17.8 Å². The van der Waals surface area contributed by atoms with E-state index >= 15 is 0 Å². The van der Waals surface area contributed by atoms with Gasteiger partial charge in [0.25, 0.3) is 5.91 Å². The van der Waals surface area contributed by atoms with Crippen LogP contribution in [0.3, 0.4) is 0 Å². The first-order chi connectivity index (χ1) is 21.8. The van der Waals surface area contributed by atoms with E-state index in [0.29, 0.717) is 11.4 Å². The van der Waals surface area contributed by atoms with Gasteiger partial charge < -0.3 is 10.0 Å². The number of nitrogens with one attached hydrogen (secondary N) is 2. The van der Waals surface area contributed by atoms with E-state index in [2.05, 4.69) is 10.9 Å². The number of benzene rings is 3. The minimum Gasteiger partial charge on any atom is -0.394 e. The van der Waals surface area contributed by atoms with E-state index in [1.165, 1.54) is 4.90 Å². The Bertz CT molecular complexity index is 1450. The van der Waals surface area contributed by atoms with Crippen LogP contribution in [0.4, 0.5) is 4.79 Å². The lowest BCUT2D eigenvalue weighted by molar-refractivity contribution is -0.147. The highest BCUT2D eigenvalue weighted by Crippen LogP contribution is 2.27. The molecule has 0 spiro atoms. The number of hydrazine groups is 1. The highest BCUT2D eigenvalue weighted by molar-refractivity contribution is 6.05. The number of carbonyl (C=O) groups is 4. The summed E-state index contributed by atoms with van der Waals surface area (Å²) in [5.41, 5.74) is 7.55. The van der Waals surface area contributed by atoms with Gasteiger partial charge >= 0.3 is 6.03 Å². The second-order valence-electron chi connectivity index (χ2n) is 11.4. The van der Waals surface area contributed by atoms with Crippen LogP contribution >= 0.6 is 0 Å². The van der Waals surface area contributed by atoms with E-state index in [1.807, 2.05) is 105 Å². The van der Waals surface area contributed by atoms with Crippen LogP contribution in [0.1, 0.15) is 43.4 Å². The molecule has 0 aliphatic carbocycles. The molecule has 3 atom stereocenters. The Hall–Kier alpha value is -4.80. The molecule has 0 radical (unpaired) electrons. The third-order valence-electron chi connectivity index (χ3n) is 7.55. The molecule has 1 fully saturated rings. The van der Waals surface area contributed by atoms with Gasteiger partial charge in [-0.25, -0.2) is 10.3 Å². The normalized spacial score (nSPS) is 16.3. The van der Waals surface area contributed by atoms with Crippen molar-refractivity contribution in [1.29, 1.82) is 0 Å². The molecule has 10 heteroatoms. The van der Waals surface area contributed by atoms with Crippen molar-refractivity contribution in [2.45, 2.75) is 45.9 Å². The second-order valence-corrected chi connectivity index (χ2v) is 11.4. The predicted octanol–water partition coefficient (Wildman–Crippen LogP) is 4.47. The Morgan fingerprint density at radius 3 is 2.07 bits per heavy atom. The molecule has 4 rings (SSSR count). The van der Waals surface area contributed by atoms with Crippen molar-refractivity contribution >= 4 is 29.8 Å². The number of carbonyl (C=O) groups excluding carboxylic acids is 4. The average molecular weight is 613 g/mol. The maximum absolute atomic E-state index is 13.9. The number of aliphatic hydroxyl groups is 1. The zero-order chi connectivity index (χ0) is 32.2. The van der Waals surface area contributed by atoms with Crippen LogP contribution in [0.2, 0.25) is 0 Å². The number of imide groups is 1. The Morgan fingerprint density at radius 2 is 1.47 bits per heavy atom. The monoisotopic (exact) mass is 612 g/mol. The summed E-state index contributed by atoms with van der Waals surface area (Å²) in [5, 5.41) is 10.6. The van der Waals surface area contributed by atoms with Crippen LogP contribution in [0.25, 0.3) is 6.08 Å². The van der Waals surface area contributed by atoms with Crippen LogP contribution in [-0.2, 0) is 32.4 Å². The van der Waals surface area contributed by atoms with Crippen molar-refractivity contribution in [3.63, 3.8) is 0 Å². The molecule has 0 aromatic heterocycles. The standard InChI is InChI=1S/C35H40N4O6/c1-25(2)21-30(32(41)36-39-34(43)31(23-40)38(35(39)44)22-27-15-8-4-9-16-27)29(20-12-19-26-13-6-3-7-14-26)33(42)37-45-24-28-17-10-5-11-18-28/h3-19,25,29-31,40H,20-24H2,1-2H3,(H,36,41)(H,37,42)/t29-,30+,31-/m0/s1. The molecular formula is C35H40N4O6. The third-order valence-corrected chi connectivity index (χ3v) is 7.55. The molecule has 0 unspecified atom stereocenters. The van der Waals surface area contributed by atoms with Gasteiger partial charge in [-0.2, -0.15) is 5.01 Å². The molecule has 1 saturated heterocycles. The molecule has 0 saturated carbocycles. The molecule has 3 N–H and O–H groups in total. The molecule has 10 nitrogen and oxygen atoms in total. The molecule has 1 aliphatic rings. The van der Waals surface area contributed by atoms with Gasteiger partial charge in [-0.15, -0.1) is 0 Å². The van der Waals surface area contributed by atoms with Gasteiger partial charge in [0.15, 0.2) is 0 Å². The van der Waals surface area contributed by atoms with E-state index < -0.39 is 48.2 Å². The van der Waals surface area contributed by atoms with Crippen LogP contribution < -0.4 is 10.9 Å². The summed E-state index contributed by atoms with van der Waals surface area (Å²) in [7, 11) is 0. The molecule has 0 bridgehead atoms. The SMILES string of the molecule is CC(C)C[C@@H](C(=O)NN1C(=O)[C@H](CO)N(Cc2ccccc2)C1=O)[C@H](CC=Cc1ccccc1)C(=O)NOCc1ccccc1. The Balaban J connectivity index is 1.54. The van der Waals surface area contributed by atoms with E-state index in [4.69, 9.17) is 4.84 Å².